The molecule has 3 heterocycles. The fraction of sp³-hybridized carbons (Fsp3) is 0.481. The largest absolute Gasteiger partial charge is 0.494 e. The highest BCUT2D eigenvalue weighted by molar-refractivity contribution is 6.08. The number of aliphatic hydroxyl groups excluding tert-OH is 1. The number of imide groups is 1. The minimum atomic E-state index is -1.21. The number of halogens is 1. The van der Waals surface area contributed by atoms with Crippen LogP contribution in [0.3, 0.4) is 0 Å². The van der Waals surface area contributed by atoms with Gasteiger partial charge in [-0.2, -0.15) is 0 Å². The number of carbonyl (C=O) groups is 2. The van der Waals surface area contributed by atoms with E-state index in [4.69, 9.17) is 9.47 Å². The number of amides is 3. The maximum atomic E-state index is 15.5. The lowest BCUT2D eigenvalue weighted by atomic mass is 9.80. The van der Waals surface area contributed by atoms with E-state index in [1.165, 1.54) is 12.0 Å². The molecule has 0 saturated carbocycles. The van der Waals surface area contributed by atoms with Crippen molar-refractivity contribution in [3.63, 3.8) is 0 Å². The topological polar surface area (TPSA) is 107 Å². The molecule has 5 rings (SSSR count). The third-order valence-electron chi connectivity index (χ3n) is 7.56. The van der Waals surface area contributed by atoms with E-state index in [0.29, 0.717) is 60.3 Å². The Kier molecular flexibility index (Phi) is 6.82. The first-order valence-electron chi connectivity index (χ1n) is 12.6. The van der Waals surface area contributed by atoms with Gasteiger partial charge in [-0.25, -0.2) is 9.18 Å². The van der Waals surface area contributed by atoms with Gasteiger partial charge in [0, 0.05) is 43.2 Å². The molecular formula is C27H33FN4O5. The molecule has 2 aliphatic heterocycles. The number of aromatic amines is 1. The summed E-state index contributed by atoms with van der Waals surface area (Å²) in [6, 6.07) is 2.23. The Morgan fingerprint density at radius 1 is 1.27 bits per heavy atom. The average Bonchev–Trinajstić information content (AvgIpc) is 3.33. The summed E-state index contributed by atoms with van der Waals surface area (Å²) >= 11 is 0. The first-order valence-corrected chi connectivity index (χ1v) is 12.6. The van der Waals surface area contributed by atoms with E-state index in [-0.39, 0.29) is 30.7 Å². The lowest BCUT2D eigenvalue weighted by molar-refractivity contribution is -0.133. The number of hydrogen-bond acceptors (Lipinski definition) is 6. The molecule has 37 heavy (non-hydrogen) atoms. The van der Waals surface area contributed by atoms with Gasteiger partial charge in [0.25, 0.3) is 5.91 Å². The van der Waals surface area contributed by atoms with Gasteiger partial charge in [0.05, 0.1) is 19.8 Å². The lowest BCUT2D eigenvalue weighted by Gasteiger charge is -2.43. The van der Waals surface area contributed by atoms with Crippen LogP contribution in [0.4, 0.5) is 9.18 Å². The Morgan fingerprint density at radius 3 is 2.81 bits per heavy atom. The van der Waals surface area contributed by atoms with Crippen molar-refractivity contribution >= 4 is 22.8 Å². The second-order valence-corrected chi connectivity index (χ2v) is 9.95. The summed E-state index contributed by atoms with van der Waals surface area (Å²) in [5.74, 6) is -0.692. The zero-order valence-electron chi connectivity index (χ0n) is 21.3. The first-order chi connectivity index (χ1) is 17.8. The normalized spacial score (nSPS) is 25.1. The van der Waals surface area contributed by atoms with Gasteiger partial charge in [0.2, 0.25) is 0 Å². The van der Waals surface area contributed by atoms with Crippen LogP contribution in [0.25, 0.3) is 10.9 Å². The Balaban J connectivity index is 1.57. The molecule has 0 spiro atoms. The third-order valence-corrected chi connectivity index (χ3v) is 7.56. The van der Waals surface area contributed by atoms with E-state index in [1.807, 2.05) is 12.2 Å². The maximum absolute atomic E-state index is 15.5. The molecular weight excluding hydrogens is 479 g/mol. The van der Waals surface area contributed by atoms with E-state index in [2.05, 4.69) is 10.3 Å². The Labute approximate surface area is 214 Å². The SMILES string of the molecule is COCCNCCCN1C(=O)N2[C@H](C3=CC(O)CC=C3)c3[nH]c4ccc(OC)c(F)c4c3C[C@@]2(C)C1=O. The quantitative estimate of drug-likeness (QED) is 0.352. The van der Waals surface area contributed by atoms with E-state index in [1.54, 1.807) is 37.1 Å². The molecule has 1 saturated heterocycles. The Bertz CT molecular complexity index is 1290. The number of fused-ring (bicyclic) bond motifs is 4. The van der Waals surface area contributed by atoms with Crippen molar-refractivity contribution in [2.45, 2.75) is 43.9 Å². The summed E-state index contributed by atoms with van der Waals surface area (Å²) in [5, 5.41) is 14.0. The van der Waals surface area contributed by atoms with Gasteiger partial charge in [-0.1, -0.05) is 18.2 Å². The van der Waals surface area contributed by atoms with Gasteiger partial charge in [-0.15, -0.1) is 0 Å². The van der Waals surface area contributed by atoms with Crippen molar-refractivity contribution in [1.29, 1.82) is 0 Å². The Morgan fingerprint density at radius 2 is 2.08 bits per heavy atom. The molecule has 2 aromatic rings. The van der Waals surface area contributed by atoms with Gasteiger partial charge in [0.15, 0.2) is 11.6 Å². The first kappa shape index (κ1) is 25.4. The molecule has 1 fully saturated rings. The second-order valence-electron chi connectivity index (χ2n) is 9.95. The number of H-pyrrole nitrogens is 1. The van der Waals surface area contributed by atoms with Crippen LogP contribution in [0.1, 0.15) is 37.1 Å². The summed E-state index contributed by atoms with van der Waals surface area (Å²) in [5.41, 5.74) is 1.34. The van der Waals surface area contributed by atoms with Crippen LogP contribution < -0.4 is 10.1 Å². The van der Waals surface area contributed by atoms with Gasteiger partial charge < -0.3 is 24.9 Å². The van der Waals surface area contributed by atoms with Crippen LogP contribution in [0.2, 0.25) is 0 Å². The minimum absolute atomic E-state index is 0.113. The van der Waals surface area contributed by atoms with Crippen LogP contribution in [-0.4, -0.2) is 83.9 Å². The Hall–Kier alpha value is -3.21. The smallest absolute Gasteiger partial charge is 0.328 e. The predicted octanol–water partition coefficient (Wildman–Crippen LogP) is 2.81. The number of carbonyl (C=O) groups excluding carboxylic acids is 2. The number of benzene rings is 1. The standard InChI is InChI=1S/C27H33FN4O5/c1-27-15-18-21-19(8-9-20(37-3)22(21)28)30-23(18)24(16-6-4-7-17(33)14-16)32(27)26(35)31(25(27)34)12-5-10-29-11-13-36-2/h4,6,8-9,14,17,24,29-30,33H,5,7,10-13,15H2,1-3H3/t17?,24-,27+/m1/s1. The number of nitrogens with one attached hydrogen (secondary N) is 2. The number of ether oxygens (including phenoxy) is 2. The lowest BCUT2D eigenvalue weighted by Crippen LogP contribution is -2.53. The minimum Gasteiger partial charge on any atom is -0.494 e. The van der Waals surface area contributed by atoms with Crippen LogP contribution >= 0.6 is 0 Å². The van der Waals surface area contributed by atoms with Crippen LogP contribution in [0.15, 0.2) is 35.9 Å². The maximum Gasteiger partial charge on any atom is 0.328 e. The highest BCUT2D eigenvalue weighted by Crippen LogP contribution is 2.50. The van der Waals surface area contributed by atoms with Gasteiger partial charge in [-0.05, 0) is 49.6 Å². The molecule has 1 aromatic carbocycles. The molecule has 3 N–H and O–H groups in total. The molecule has 9 nitrogen and oxygen atoms in total. The summed E-state index contributed by atoms with van der Waals surface area (Å²) in [6.45, 7) is 3.92. The average molecular weight is 513 g/mol. The van der Waals surface area contributed by atoms with Crippen molar-refractivity contribution in [2.24, 2.45) is 0 Å². The molecule has 3 aliphatic rings. The fourth-order valence-corrected chi connectivity index (χ4v) is 5.78. The summed E-state index contributed by atoms with van der Waals surface area (Å²) < 4.78 is 25.8. The molecule has 0 radical (unpaired) electrons. The van der Waals surface area contributed by atoms with Crippen molar-refractivity contribution in [1.82, 2.24) is 20.1 Å². The highest BCUT2D eigenvalue weighted by Gasteiger charge is 2.60. The molecule has 3 amide bonds. The zero-order chi connectivity index (χ0) is 26.3. The zero-order valence-corrected chi connectivity index (χ0v) is 21.3. The molecule has 0 bridgehead atoms. The van der Waals surface area contributed by atoms with Crippen molar-refractivity contribution in [2.75, 3.05) is 40.5 Å². The second kappa shape index (κ2) is 9.92. The summed E-state index contributed by atoms with van der Waals surface area (Å²) in [6.07, 6.45) is 5.95. The number of aromatic nitrogens is 1. The molecule has 10 heteroatoms. The number of aliphatic hydroxyl groups is 1. The summed E-state index contributed by atoms with van der Waals surface area (Å²) in [7, 11) is 3.04. The monoisotopic (exact) mass is 512 g/mol. The van der Waals surface area contributed by atoms with Gasteiger partial charge >= 0.3 is 6.03 Å². The van der Waals surface area contributed by atoms with Crippen LogP contribution in [0.5, 0.6) is 5.75 Å². The third kappa shape index (κ3) is 4.13. The number of nitrogens with zero attached hydrogens (tertiary/aromatic N) is 2. The van der Waals surface area contributed by atoms with E-state index in [9.17, 15) is 14.7 Å². The number of rotatable bonds is 9. The number of urea groups is 1. The van der Waals surface area contributed by atoms with E-state index in [0.717, 1.165) is 0 Å². The predicted molar refractivity (Wildman–Crippen MR) is 136 cm³/mol. The number of hydrogen-bond donors (Lipinski definition) is 3. The van der Waals surface area contributed by atoms with Crippen LogP contribution in [0, 0.1) is 5.82 Å². The highest BCUT2D eigenvalue weighted by atomic mass is 19.1. The van der Waals surface area contributed by atoms with Crippen LogP contribution in [-0.2, 0) is 16.0 Å². The molecule has 1 unspecified atom stereocenters. The fourth-order valence-electron chi connectivity index (χ4n) is 5.78. The molecule has 198 valence electrons. The summed E-state index contributed by atoms with van der Waals surface area (Å²) in [4.78, 5) is 33.9. The van der Waals surface area contributed by atoms with Gasteiger partial charge in [-0.3, -0.25) is 14.6 Å². The number of methoxy groups -OCH3 is 2. The van der Waals surface area contributed by atoms with Crippen molar-refractivity contribution in [3.8, 4) is 5.75 Å². The van der Waals surface area contributed by atoms with Gasteiger partial charge in [0.1, 0.15) is 11.6 Å². The molecule has 1 aliphatic carbocycles. The van der Waals surface area contributed by atoms with E-state index < -0.39 is 23.5 Å². The van der Waals surface area contributed by atoms with E-state index >= 15 is 4.39 Å². The molecule has 3 atom stereocenters. The van der Waals surface area contributed by atoms with Crippen molar-refractivity contribution in [3.05, 3.63) is 53.0 Å². The van der Waals surface area contributed by atoms with Crippen molar-refractivity contribution < 1.29 is 28.6 Å². The molecule has 1 aromatic heterocycles.